The third kappa shape index (κ3) is 4.01. The second kappa shape index (κ2) is 8.08. The van der Waals surface area contributed by atoms with Crippen molar-refractivity contribution in [3.63, 3.8) is 0 Å². The number of hydrogen-bond donors (Lipinski definition) is 3. The predicted octanol–water partition coefficient (Wildman–Crippen LogP) is 1.42. The number of benzene rings is 1. The molecule has 6 heteroatoms. The molecule has 0 aliphatic carbocycles. The van der Waals surface area contributed by atoms with Crippen LogP contribution in [0.4, 0.5) is 5.69 Å². The molecule has 2 aliphatic rings. The lowest BCUT2D eigenvalue weighted by Gasteiger charge is -2.37. The molecule has 3 atom stereocenters. The molecule has 1 saturated heterocycles. The Kier molecular flexibility index (Phi) is 5.81. The van der Waals surface area contributed by atoms with Crippen LogP contribution in [0.25, 0.3) is 0 Å². The van der Waals surface area contributed by atoms with Crippen molar-refractivity contribution in [1.82, 2.24) is 10.2 Å². The summed E-state index contributed by atoms with van der Waals surface area (Å²) in [6, 6.07) is 6.09. The molecular weight excluding hydrogens is 328 g/mol. The number of likely N-dealkylation sites (tertiary alicyclic amines) is 1. The van der Waals surface area contributed by atoms with Gasteiger partial charge in [-0.1, -0.05) is 25.1 Å². The number of aryl methyl sites for hydroxylation is 1. The lowest BCUT2D eigenvalue weighted by molar-refractivity contribution is -0.133. The number of hydrogen-bond acceptors (Lipinski definition) is 4. The topological polar surface area (TPSA) is 87.5 Å². The van der Waals surface area contributed by atoms with Crippen molar-refractivity contribution < 1.29 is 9.59 Å². The van der Waals surface area contributed by atoms with E-state index in [9.17, 15) is 9.59 Å². The van der Waals surface area contributed by atoms with Crippen molar-refractivity contribution >= 4 is 17.5 Å². The first kappa shape index (κ1) is 18.7. The van der Waals surface area contributed by atoms with Crippen LogP contribution in [-0.2, 0) is 16.0 Å². The largest absolute Gasteiger partial charge is 0.373 e. The highest BCUT2D eigenvalue weighted by Gasteiger charge is 2.33. The maximum absolute atomic E-state index is 12.7. The van der Waals surface area contributed by atoms with Crippen molar-refractivity contribution in [2.24, 2.45) is 11.7 Å². The third-order valence-electron chi connectivity index (χ3n) is 5.60. The average Bonchev–Trinajstić information content (AvgIpc) is 3.07. The minimum Gasteiger partial charge on any atom is -0.373 e. The van der Waals surface area contributed by atoms with Gasteiger partial charge in [0, 0.05) is 37.7 Å². The van der Waals surface area contributed by atoms with Crippen LogP contribution in [0.1, 0.15) is 37.3 Å². The molecule has 0 saturated carbocycles. The number of nitrogens with zero attached hydrogens (tertiary/aromatic N) is 1. The summed E-state index contributed by atoms with van der Waals surface area (Å²) < 4.78 is 0. The molecule has 1 unspecified atom stereocenters. The highest BCUT2D eigenvalue weighted by Crippen LogP contribution is 2.29. The van der Waals surface area contributed by atoms with Gasteiger partial charge in [-0.15, -0.1) is 0 Å². The van der Waals surface area contributed by atoms with E-state index in [-0.39, 0.29) is 29.8 Å². The molecule has 2 heterocycles. The van der Waals surface area contributed by atoms with Gasteiger partial charge in [0.2, 0.25) is 11.8 Å². The smallest absolute Gasteiger partial charge is 0.243 e. The van der Waals surface area contributed by atoms with Gasteiger partial charge in [0.05, 0.1) is 0 Å². The minimum absolute atomic E-state index is 0.0559. The van der Waals surface area contributed by atoms with E-state index in [1.54, 1.807) is 0 Å². The van der Waals surface area contributed by atoms with Crippen LogP contribution < -0.4 is 16.4 Å². The number of para-hydroxylation sites is 1. The summed E-state index contributed by atoms with van der Waals surface area (Å²) in [4.78, 5) is 26.8. The molecule has 4 N–H and O–H groups in total. The Hall–Kier alpha value is -2.08. The average molecular weight is 358 g/mol. The van der Waals surface area contributed by atoms with E-state index >= 15 is 0 Å². The first-order chi connectivity index (χ1) is 12.5. The normalized spacial score (nSPS) is 24.7. The zero-order valence-electron chi connectivity index (χ0n) is 15.8. The van der Waals surface area contributed by atoms with Crippen LogP contribution in [0.15, 0.2) is 18.2 Å². The molecule has 0 aromatic heterocycles. The molecule has 1 fully saturated rings. The Morgan fingerprint density at radius 3 is 2.88 bits per heavy atom. The molecule has 1 aromatic carbocycles. The van der Waals surface area contributed by atoms with Crippen molar-refractivity contribution in [2.75, 3.05) is 25.0 Å². The zero-order valence-corrected chi connectivity index (χ0v) is 15.8. The molecule has 2 amide bonds. The quantitative estimate of drug-likeness (QED) is 0.743. The molecule has 2 aliphatic heterocycles. The Morgan fingerprint density at radius 1 is 1.38 bits per heavy atom. The van der Waals surface area contributed by atoms with Gasteiger partial charge < -0.3 is 21.3 Å². The molecule has 1 aromatic rings. The summed E-state index contributed by atoms with van der Waals surface area (Å²) in [7, 11) is 0. The van der Waals surface area contributed by atoms with Crippen LogP contribution in [0.2, 0.25) is 0 Å². The number of carbonyl (C=O) groups excluding carboxylic acids is 2. The van der Waals surface area contributed by atoms with E-state index in [0.29, 0.717) is 26.1 Å². The molecule has 142 valence electrons. The van der Waals surface area contributed by atoms with Crippen LogP contribution >= 0.6 is 0 Å². The summed E-state index contributed by atoms with van der Waals surface area (Å²) in [6.07, 6.45) is 2.79. The summed E-state index contributed by atoms with van der Waals surface area (Å²) in [5.74, 6) is 0.482. The van der Waals surface area contributed by atoms with Crippen molar-refractivity contribution in [3.05, 3.63) is 29.3 Å². The highest BCUT2D eigenvalue weighted by molar-refractivity contribution is 5.88. The van der Waals surface area contributed by atoms with Gasteiger partial charge in [0.15, 0.2) is 0 Å². The van der Waals surface area contributed by atoms with Crippen LogP contribution in [0.3, 0.4) is 0 Å². The Balaban J connectivity index is 1.52. The molecule has 26 heavy (non-hydrogen) atoms. The van der Waals surface area contributed by atoms with E-state index < -0.39 is 0 Å². The van der Waals surface area contributed by atoms with Crippen LogP contribution in [0, 0.1) is 12.8 Å². The molecule has 0 spiro atoms. The number of anilines is 1. The Bertz CT molecular complexity index is 676. The maximum atomic E-state index is 12.7. The summed E-state index contributed by atoms with van der Waals surface area (Å²) in [5, 5.41) is 6.58. The van der Waals surface area contributed by atoms with Gasteiger partial charge in [0.25, 0.3) is 0 Å². The SMILES string of the molecule is Cc1cccc2c1NC(C(=O)N[C@@H]1CCN(C(=O)CCCN)C[C@@H]1C)C2. The zero-order chi connectivity index (χ0) is 18.7. The number of piperidine rings is 1. The Morgan fingerprint density at radius 2 is 2.19 bits per heavy atom. The summed E-state index contributed by atoms with van der Waals surface area (Å²) in [6.45, 7) is 6.12. The fourth-order valence-electron chi connectivity index (χ4n) is 3.99. The molecule has 6 nitrogen and oxygen atoms in total. The van der Waals surface area contributed by atoms with Gasteiger partial charge in [-0.3, -0.25) is 9.59 Å². The van der Waals surface area contributed by atoms with Crippen molar-refractivity contribution in [3.8, 4) is 0 Å². The number of nitrogens with two attached hydrogens (primary N) is 1. The predicted molar refractivity (Wildman–Crippen MR) is 103 cm³/mol. The van der Waals surface area contributed by atoms with E-state index in [1.807, 2.05) is 11.0 Å². The minimum atomic E-state index is -0.206. The number of rotatable bonds is 5. The van der Waals surface area contributed by atoms with E-state index in [4.69, 9.17) is 5.73 Å². The number of nitrogens with one attached hydrogen (secondary N) is 2. The molecule has 0 bridgehead atoms. The lowest BCUT2D eigenvalue weighted by Crippen LogP contribution is -2.53. The van der Waals surface area contributed by atoms with Crippen molar-refractivity contribution in [1.29, 1.82) is 0 Å². The standard InChI is InChI=1S/C20H30N4O2/c1-13-5-3-6-15-11-17(22-19(13)15)20(26)23-16-8-10-24(12-14(16)2)18(25)7-4-9-21/h3,5-6,14,16-17,22H,4,7-12,21H2,1-2H3,(H,23,26)/t14-,16+,17?/m0/s1. The van der Waals surface area contributed by atoms with Gasteiger partial charge >= 0.3 is 0 Å². The Labute approximate surface area is 155 Å². The van der Waals surface area contributed by atoms with Crippen LogP contribution in [-0.4, -0.2) is 48.4 Å². The lowest BCUT2D eigenvalue weighted by atomic mass is 9.93. The summed E-state index contributed by atoms with van der Waals surface area (Å²) >= 11 is 0. The van der Waals surface area contributed by atoms with E-state index in [2.05, 4.69) is 36.6 Å². The summed E-state index contributed by atoms with van der Waals surface area (Å²) in [5.41, 5.74) is 8.97. The molecule has 3 rings (SSSR count). The van der Waals surface area contributed by atoms with Crippen molar-refractivity contribution in [2.45, 2.75) is 51.6 Å². The first-order valence-electron chi connectivity index (χ1n) is 9.63. The second-order valence-electron chi connectivity index (χ2n) is 7.62. The maximum Gasteiger partial charge on any atom is 0.243 e. The second-order valence-corrected chi connectivity index (χ2v) is 7.62. The van der Waals surface area contributed by atoms with Crippen LogP contribution in [0.5, 0.6) is 0 Å². The fraction of sp³-hybridized carbons (Fsp3) is 0.600. The molecule has 0 radical (unpaired) electrons. The number of carbonyl (C=O) groups is 2. The highest BCUT2D eigenvalue weighted by atomic mass is 16.2. The number of fused-ring (bicyclic) bond motifs is 1. The molecular formula is C20H30N4O2. The fourth-order valence-corrected chi connectivity index (χ4v) is 3.99. The van der Waals surface area contributed by atoms with Gasteiger partial charge in [0.1, 0.15) is 6.04 Å². The van der Waals surface area contributed by atoms with Gasteiger partial charge in [-0.05, 0) is 43.4 Å². The third-order valence-corrected chi connectivity index (χ3v) is 5.60. The van der Waals surface area contributed by atoms with Gasteiger partial charge in [-0.25, -0.2) is 0 Å². The van der Waals surface area contributed by atoms with E-state index in [1.165, 1.54) is 11.1 Å². The first-order valence-corrected chi connectivity index (χ1v) is 9.63. The van der Waals surface area contributed by atoms with E-state index in [0.717, 1.165) is 24.9 Å². The van der Waals surface area contributed by atoms with Gasteiger partial charge in [-0.2, -0.15) is 0 Å². The monoisotopic (exact) mass is 358 g/mol. The number of amides is 2.